The Bertz CT molecular complexity index is 1960. The van der Waals surface area contributed by atoms with Crippen molar-refractivity contribution in [3.05, 3.63) is 101 Å². The third-order valence-corrected chi connectivity index (χ3v) is 6.84. The third kappa shape index (κ3) is 5.81. The van der Waals surface area contributed by atoms with Crippen molar-refractivity contribution >= 4 is 22.5 Å². The summed E-state index contributed by atoms with van der Waals surface area (Å²) in [6, 6.07) is 13.8. The summed E-state index contributed by atoms with van der Waals surface area (Å²) in [5, 5.41) is 3.04. The maximum absolute atomic E-state index is 15.4. The predicted octanol–water partition coefficient (Wildman–Crippen LogP) is 6.28. The molecule has 0 bridgehead atoms. The van der Waals surface area contributed by atoms with E-state index in [0.717, 1.165) is 6.07 Å². The number of nitrogens with zero attached hydrogens (tertiary/aromatic N) is 2. The van der Waals surface area contributed by atoms with E-state index in [1.165, 1.54) is 59.4 Å². The number of aromatic nitrogens is 2. The zero-order chi connectivity index (χ0) is 31.5. The molecule has 6 rings (SSSR count). The fourth-order valence-corrected chi connectivity index (χ4v) is 4.90. The van der Waals surface area contributed by atoms with E-state index in [4.69, 9.17) is 23.7 Å². The number of hydrogen-bond donors (Lipinski definition) is 1. The van der Waals surface area contributed by atoms with Crippen LogP contribution in [-0.4, -0.2) is 41.9 Å². The maximum atomic E-state index is 15.4. The van der Waals surface area contributed by atoms with E-state index in [1.807, 2.05) is 6.92 Å². The van der Waals surface area contributed by atoms with Gasteiger partial charge in [0.05, 0.1) is 24.1 Å². The number of anilines is 1. The van der Waals surface area contributed by atoms with Crippen LogP contribution in [-0.2, 0) is 0 Å². The van der Waals surface area contributed by atoms with E-state index < -0.39 is 23.1 Å². The highest BCUT2D eigenvalue weighted by molar-refractivity contribution is 6.06. The molecule has 12 heteroatoms. The number of carbonyl (C=O) groups excluding carboxylic acids is 1. The molecule has 45 heavy (non-hydrogen) atoms. The number of amides is 1. The lowest BCUT2D eigenvalue weighted by Gasteiger charge is -2.23. The zero-order valence-corrected chi connectivity index (χ0v) is 24.3. The second-order valence-corrected chi connectivity index (χ2v) is 9.71. The molecule has 0 saturated heterocycles. The van der Waals surface area contributed by atoms with Gasteiger partial charge in [-0.05, 0) is 62.4 Å². The monoisotopic (exact) mass is 615 g/mol. The van der Waals surface area contributed by atoms with Crippen LogP contribution in [0.3, 0.4) is 0 Å². The molecular formula is C33H27F2N3O7. The Morgan fingerprint density at radius 2 is 1.62 bits per heavy atom. The molecule has 1 amide bonds. The van der Waals surface area contributed by atoms with Gasteiger partial charge >= 0.3 is 0 Å². The van der Waals surface area contributed by atoms with Crippen LogP contribution in [0.25, 0.3) is 16.6 Å². The lowest BCUT2D eigenvalue weighted by Crippen LogP contribution is -2.29. The molecule has 5 aromatic rings. The van der Waals surface area contributed by atoms with Crippen molar-refractivity contribution in [2.75, 3.05) is 31.7 Å². The average Bonchev–Trinajstić information content (AvgIpc) is 3.03. The highest BCUT2D eigenvalue weighted by Gasteiger charge is 2.25. The molecule has 0 saturated carbocycles. The summed E-state index contributed by atoms with van der Waals surface area (Å²) in [7, 11) is 0. The summed E-state index contributed by atoms with van der Waals surface area (Å²) in [5.41, 5.74) is -0.0761. The molecular weight excluding hydrogens is 588 g/mol. The van der Waals surface area contributed by atoms with E-state index in [1.54, 1.807) is 19.1 Å². The van der Waals surface area contributed by atoms with Crippen LogP contribution in [0.5, 0.6) is 34.5 Å². The van der Waals surface area contributed by atoms with Crippen LogP contribution in [0, 0.1) is 11.6 Å². The van der Waals surface area contributed by atoms with Crippen LogP contribution < -0.4 is 34.6 Å². The lowest BCUT2D eigenvalue weighted by atomic mass is 10.1. The molecule has 3 aromatic carbocycles. The Labute approximate surface area is 255 Å². The van der Waals surface area contributed by atoms with E-state index in [2.05, 4.69) is 10.3 Å². The molecule has 1 aliphatic rings. The molecule has 1 N–H and O–H groups in total. The number of halogens is 2. The van der Waals surface area contributed by atoms with E-state index in [9.17, 15) is 14.0 Å². The van der Waals surface area contributed by atoms with Crippen molar-refractivity contribution in [3.8, 4) is 40.2 Å². The second-order valence-electron chi connectivity index (χ2n) is 9.71. The van der Waals surface area contributed by atoms with Gasteiger partial charge in [0.25, 0.3) is 11.5 Å². The van der Waals surface area contributed by atoms with E-state index in [-0.39, 0.29) is 35.1 Å². The van der Waals surface area contributed by atoms with E-state index >= 15 is 4.39 Å². The Hall–Kier alpha value is -5.65. The van der Waals surface area contributed by atoms with Crippen molar-refractivity contribution in [1.82, 2.24) is 9.55 Å². The molecule has 230 valence electrons. The normalized spacial score (nSPS) is 12.1. The highest BCUT2D eigenvalue weighted by Crippen LogP contribution is 2.48. The summed E-state index contributed by atoms with van der Waals surface area (Å²) >= 11 is 0. The topological polar surface area (TPSA) is 110 Å². The third-order valence-electron chi connectivity index (χ3n) is 6.84. The average molecular weight is 616 g/mol. The number of carbonyl (C=O) groups is 1. The summed E-state index contributed by atoms with van der Waals surface area (Å²) in [6.07, 6.45) is 2.95. The van der Waals surface area contributed by atoms with Crippen molar-refractivity contribution in [3.63, 3.8) is 0 Å². The lowest BCUT2D eigenvalue weighted by molar-refractivity contribution is 0.102. The van der Waals surface area contributed by atoms with Crippen LogP contribution >= 0.6 is 0 Å². The predicted molar refractivity (Wildman–Crippen MR) is 161 cm³/mol. The molecule has 0 fully saturated rings. The van der Waals surface area contributed by atoms with Crippen molar-refractivity contribution in [2.45, 2.75) is 13.8 Å². The van der Waals surface area contributed by atoms with E-state index in [0.29, 0.717) is 53.7 Å². The van der Waals surface area contributed by atoms with Crippen LogP contribution in [0.15, 0.2) is 77.9 Å². The van der Waals surface area contributed by atoms with Crippen molar-refractivity contribution in [1.29, 1.82) is 0 Å². The van der Waals surface area contributed by atoms with Gasteiger partial charge in [-0.3, -0.25) is 19.1 Å². The molecule has 10 nitrogen and oxygen atoms in total. The van der Waals surface area contributed by atoms with Crippen molar-refractivity contribution in [2.24, 2.45) is 0 Å². The first-order valence-corrected chi connectivity index (χ1v) is 14.1. The molecule has 0 radical (unpaired) electrons. The number of hydrogen-bond acceptors (Lipinski definition) is 8. The minimum Gasteiger partial charge on any atom is -0.493 e. The minimum atomic E-state index is -0.818. The number of benzene rings is 3. The van der Waals surface area contributed by atoms with Gasteiger partial charge in [-0.25, -0.2) is 8.78 Å². The summed E-state index contributed by atoms with van der Waals surface area (Å²) in [5.74, 6) is -0.609. The first kappa shape index (κ1) is 29.4. The molecule has 0 aliphatic carbocycles. The first-order chi connectivity index (χ1) is 21.9. The fraction of sp³-hybridized carbons (Fsp3) is 0.182. The quantitative estimate of drug-likeness (QED) is 0.207. The second kappa shape index (κ2) is 12.5. The van der Waals surface area contributed by atoms with Gasteiger partial charge in [-0.15, -0.1) is 0 Å². The fourth-order valence-electron chi connectivity index (χ4n) is 4.90. The Morgan fingerprint density at radius 1 is 0.889 bits per heavy atom. The molecule has 1 aliphatic heterocycles. The number of ether oxygens (including phenoxy) is 5. The first-order valence-electron chi connectivity index (χ1n) is 14.1. The van der Waals surface area contributed by atoms with Crippen LogP contribution in [0.4, 0.5) is 14.5 Å². The van der Waals surface area contributed by atoms with Gasteiger partial charge < -0.3 is 29.0 Å². The molecule has 0 unspecified atom stereocenters. The number of nitrogens with one attached hydrogen (secondary N) is 1. The standard InChI is InChI=1S/C33H27F2N3O7/c1-3-41-25-12-14-38(21-8-5-19(34)6-9-21)33(40)29(25)32(39)37-20-7-10-24(22(35)17-20)45-26-11-13-36-23-18-27(42-4-2)30-31(28(23)26)44-16-15-43-30/h5-14,17-18H,3-4,15-16H2,1-2H3,(H,37,39). The minimum absolute atomic E-state index is 0.0466. The summed E-state index contributed by atoms with van der Waals surface area (Å²) < 4.78 is 59.0. The van der Waals surface area contributed by atoms with Gasteiger partial charge in [0, 0.05) is 35.9 Å². The Morgan fingerprint density at radius 3 is 2.36 bits per heavy atom. The number of rotatable bonds is 9. The van der Waals surface area contributed by atoms with Gasteiger partial charge in [-0.1, -0.05) is 0 Å². The molecule has 0 spiro atoms. The smallest absolute Gasteiger partial charge is 0.271 e. The molecule has 3 heterocycles. The zero-order valence-electron chi connectivity index (χ0n) is 24.3. The van der Waals surface area contributed by atoms with Crippen LogP contribution in [0.1, 0.15) is 24.2 Å². The molecule has 0 atom stereocenters. The summed E-state index contributed by atoms with van der Waals surface area (Å²) in [6.45, 7) is 4.80. The Balaban J connectivity index is 1.29. The van der Waals surface area contributed by atoms with Gasteiger partial charge in [0.15, 0.2) is 23.1 Å². The van der Waals surface area contributed by atoms with Crippen LogP contribution in [0.2, 0.25) is 0 Å². The maximum Gasteiger partial charge on any atom is 0.271 e. The van der Waals surface area contributed by atoms with Gasteiger partial charge in [0.2, 0.25) is 5.75 Å². The van der Waals surface area contributed by atoms with Gasteiger partial charge in [0.1, 0.15) is 36.1 Å². The SMILES string of the molecule is CCOc1cc2nccc(Oc3ccc(NC(=O)c4c(OCC)ccn(-c5ccc(F)cc5)c4=O)cc3F)c2c2c1OCCO2. The number of fused-ring (bicyclic) bond motifs is 3. The highest BCUT2D eigenvalue weighted by atomic mass is 19.1. The van der Waals surface area contributed by atoms with Crippen molar-refractivity contribution < 1.29 is 37.3 Å². The molecule has 2 aromatic heterocycles. The summed E-state index contributed by atoms with van der Waals surface area (Å²) in [4.78, 5) is 31.1. The Kier molecular flexibility index (Phi) is 8.19. The largest absolute Gasteiger partial charge is 0.493 e. The van der Waals surface area contributed by atoms with Gasteiger partial charge in [-0.2, -0.15) is 0 Å². The number of pyridine rings is 2.